The lowest BCUT2D eigenvalue weighted by atomic mass is 10.1. The third-order valence-electron chi connectivity index (χ3n) is 2.06. The fourth-order valence-corrected chi connectivity index (χ4v) is 1.56. The number of hydrogen-bond acceptors (Lipinski definition) is 2. The highest BCUT2D eigenvalue weighted by Crippen LogP contribution is 2.11. The first-order chi connectivity index (χ1) is 6.86. The molecule has 0 saturated heterocycles. The van der Waals surface area contributed by atoms with Gasteiger partial charge in [-0.25, -0.2) is 0 Å². The van der Waals surface area contributed by atoms with E-state index in [0.717, 1.165) is 6.54 Å². The monoisotopic (exact) mass is 211 g/mol. The maximum Gasteiger partial charge on any atom is 0.290 e. The van der Waals surface area contributed by atoms with Crippen LogP contribution in [0, 0.1) is 0 Å². The molecule has 1 amide bonds. The van der Waals surface area contributed by atoms with Crippen molar-refractivity contribution >= 4 is 5.91 Å². The van der Waals surface area contributed by atoms with Crippen LogP contribution < -0.4 is 9.69 Å². The predicted octanol–water partition coefficient (Wildman–Crippen LogP) is 0.473. The van der Waals surface area contributed by atoms with Crippen molar-refractivity contribution in [3.05, 3.63) is 12.7 Å². The van der Waals surface area contributed by atoms with E-state index in [2.05, 4.69) is 5.10 Å². The Morgan fingerprint density at radius 3 is 2.47 bits per heavy atom. The highest BCUT2D eigenvalue weighted by atomic mass is 16.2. The summed E-state index contributed by atoms with van der Waals surface area (Å²) in [6.45, 7) is 10.3. The van der Waals surface area contributed by atoms with E-state index < -0.39 is 0 Å². The Hall–Kier alpha value is -1.39. The van der Waals surface area contributed by atoms with Crippen LogP contribution in [-0.4, -0.2) is 21.2 Å². The molecule has 0 saturated carbocycles. The maximum absolute atomic E-state index is 11.6. The predicted molar refractivity (Wildman–Crippen MR) is 56.7 cm³/mol. The third-order valence-corrected chi connectivity index (χ3v) is 2.06. The first-order valence-electron chi connectivity index (χ1n) is 5.11. The van der Waals surface area contributed by atoms with E-state index in [9.17, 15) is 4.79 Å². The standard InChI is InChI=1S/C10H19N4O/c1-6-12-8-13(7-11-12)14(9(2)15)10(3,4)5/h7-8H,6H2,1-5H3/q+1. The van der Waals surface area contributed by atoms with E-state index in [4.69, 9.17) is 0 Å². The summed E-state index contributed by atoms with van der Waals surface area (Å²) in [7, 11) is 0. The third kappa shape index (κ3) is 2.55. The number of nitrogens with zero attached hydrogens (tertiary/aromatic N) is 4. The van der Waals surface area contributed by atoms with Crippen LogP contribution in [0.5, 0.6) is 0 Å². The van der Waals surface area contributed by atoms with Gasteiger partial charge in [0.05, 0.1) is 5.54 Å². The number of hydrogen-bond donors (Lipinski definition) is 0. The number of carbonyl (C=O) groups excluding carboxylic acids is 1. The smallest absolute Gasteiger partial charge is 0.272 e. The average Bonchev–Trinajstić information content (AvgIpc) is 2.49. The second-order valence-electron chi connectivity index (χ2n) is 4.48. The lowest BCUT2D eigenvalue weighted by Gasteiger charge is -2.29. The van der Waals surface area contributed by atoms with E-state index in [0.29, 0.717) is 0 Å². The molecule has 0 aromatic carbocycles. The average molecular weight is 211 g/mol. The van der Waals surface area contributed by atoms with Crippen LogP contribution in [0.4, 0.5) is 0 Å². The zero-order chi connectivity index (χ0) is 11.6. The molecule has 15 heavy (non-hydrogen) atoms. The van der Waals surface area contributed by atoms with Crippen LogP contribution in [0.2, 0.25) is 0 Å². The number of carbonyl (C=O) groups is 1. The summed E-state index contributed by atoms with van der Waals surface area (Å²) >= 11 is 0. The second kappa shape index (κ2) is 4.00. The first kappa shape index (κ1) is 11.7. The van der Waals surface area contributed by atoms with Gasteiger partial charge in [-0.2, -0.15) is 5.01 Å². The summed E-state index contributed by atoms with van der Waals surface area (Å²) in [4.78, 5) is 11.6. The fraction of sp³-hybridized carbons (Fsp3) is 0.700. The number of rotatable bonds is 2. The van der Waals surface area contributed by atoms with Crippen LogP contribution in [0.3, 0.4) is 0 Å². The van der Waals surface area contributed by atoms with E-state index >= 15 is 0 Å². The molecule has 0 aliphatic carbocycles. The quantitative estimate of drug-likeness (QED) is 0.667. The summed E-state index contributed by atoms with van der Waals surface area (Å²) in [5, 5.41) is 5.81. The minimum absolute atomic E-state index is 0.00292. The summed E-state index contributed by atoms with van der Waals surface area (Å²) in [5.41, 5.74) is -0.252. The summed E-state index contributed by atoms with van der Waals surface area (Å²) in [6, 6.07) is 0. The summed E-state index contributed by atoms with van der Waals surface area (Å²) in [6.07, 6.45) is 3.46. The van der Waals surface area contributed by atoms with Crippen molar-refractivity contribution in [2.75, 3.05) is 5.01 Å². The molecular weight excluding hydrogens is 192 g/mol. The van der Waals surface area contributed by atoms with Crippen LogP contribution in [-0.2, 0) is 11.3 Å². The highest BCUT2D eigenvalue weighted by molar-refractivity contribution is 5.84. The molecule has 5 heteroatoms. The molecule has 0 radical (unpaired) electrons. The first-order valence-corrected chi connectivity index (χ1v) is 5.11. The molecule has 0 unspecified atom stereocenters. The van der Waals surface area contributed by atoms with Gasteiger partial charge >= 0.3 is 0 Å². The molecule has 1 rings (SSSR count). The maximum atomic E-state index is 11.6. The van der Waals surface area contributed by atoms with Crippen molar-refractivity contribution in [3.63, 3.8) is 0 Å². The molecule has 0 aliphatic rings. The Morgan fingerprint density at radius 1 is 1.53 bits per heavy atom. The Morgan fingerprint density at radius 2 is 2.13 bits per heavy atom. The zero-order valence-electron chi connectivity index (χ0n) is 10.1. The number of amides is 1. The number of aromatic nitrogens is 3. The Kier molecular flexibility index (Phi) is 3.12. The largest absolute Gasteiger partial charge is 0.290 e. The van der Waals surface area contributed by atoms with E-state index in [1.54, 1.807) is 27.6 Å². The van der Waals surface area contributed by atoms with Crippen molar-refractivity contribution < 1.29 is 9.48 Å². The highest BCUT2D eigenvalue weighted by Gasteiger charge is 2.30. The molecule has 1 heterocycles. The Balaban J connectivity index is 3.05. The molecule has 0 spiro atoms. The Bertz CT molecular complexity index is 351. The van der Waals surface area contributed by atoms with Gasteiger partial charge in [-0.1, -0.05) is 0 Å². The van der Waals surface area contributed by atoms with Gasteiger partial charge in [0.15, 0.2) is 0 Å². The van der Waals surface area contributed by atoms with E-state index in [1.165, 1.54) is 0 Å². The molecule has 84 valence electrons. The molecule has 1 aromatic heterocycles. The molecular formula is C10H19N4O+. The van der Waals surface area contributed by atoms with Gasteiger partial charge in [-0.3, -0.25) is 4.79 Å². The molecule has 0 bridgehead atoms. The fourth-order valence-electron chi connectivity index (χ4n) is 1.56. The molecule has 0 atom stereocenters. The van der Waals surface area contributed by atoms with Crippen LogP contribution in [0.25, 0.3) is 0 Å². The van der Waals surface area contributed by atoms with Crippen LogP contribution >= 0.6 is 0 Å². The SMILES string of the molecule is CC[n+]1cn(N(C(C)=O)C(C)(C)C)cn1. The molecule has 5 nitrogen and oxygen atoms in total. The molecule has 1 aromatic rings. The van der Waals surface area contributed by atoms with Gasteiger partial charge < -0.3 is 0 Å². The van der Waals surface area contributed by atoms with Gasteiger partial charge in [0.25, 0.3) is 12.2 Å². The van der Waals surface area contributed by atoms with Crippen molar-refractivity contribution in [1.29, 1.82) is 0 Å². The summed E-state index contributed by atoms with van der Waals surface area (Å²) in [5.74, 6) is 0.00292. The number of aryl methyl sites for hydroxylation is 1. The van der Waals surface area contributed by atoms with Gasteiger partial charge in [-0.05, 0) is 32.8 Å². The lowest BCUT2D eigenvalue weighted by Crippen LogP contribution is -2.52. The zero-order valence-corrected chi connectivity index (χ0v) is 10.1. The molecule has 0 fully saturated rings. The second-order valence-corrected chi connectivity index (χ2v) is 4.48. The Labute approximate surface area is 90.3 Å². The minimum atomic E-state index is -0.252. The van der Waals surface area contributed by atoms with Gasteiger partial charge in [0.2, 0.25) is 6.33 Å². The topological polar surface area (TPSA) is 42.0 Å². The normalized spacial score (nSPS) is 11.5. The van der Waals surface area contributed by atoms with E-state index in [-0.39, 0.29) is 11.4 Å². The summed E-state index contributed by atoms with van der Waals surface area (Å²) < 4.78 is 3.51. The van der Waals surface area contributed by atoms with Crippen molar-refractivity contribution in [3.8, 4) is 0 Å². The van der Waals surface area contributed by atoms with Gasteiger partial charge in [0, 0.05) is 6.92 Å². The van der Waals surface area contributed by atoms with Crippen molar-refractivity contribution in [2.45, 2.75) is 46.7 Å². The van der Waals surface area contributed by atoms with Gasteiger partial charge in [0.1, 0.15) is 6.54 Å². The van der Waals surface area contributed by atoms with E-state index in [1.807, 2.05) is 34.0 Å². The lowest BCUT2D eigenvalue weighted by molar-refractivity contribution is -0.748. The van der Waals surface area contributed by atoms with Crippen LogP contribution in [0.15, 0.2) is 12.7 Å². The van der Waals surface area contributed by atoms with Crippen molar-refractivity contribution in [2.24, 2.45) is 0 Å². The molecule has 0 aliphatic heterocycles. The molecule has 0 N–H and O–H groups in total. The van der Waals surface area contributed by atoms with Crippen LogP contribution in [0.1, 0.15) is 34.6 Å². The minimum Gasteiger partial charge on any atom is -0.272 e. The van der Waals surface area contributed by atoms with Gasteiger partial charge in [-0.15, -0.1) is 9.36 Å². The van der Waals surface area contributed by atoms with Crippen molar-refractivity contribution in [1.82, 2.24) is 9.77 Å².